The maximum atomic E-state index is 12.3. The van der Waals surface area contributed by atoms with Crippen molar-refractivity contribution < 1.29 is 14.7 Å². The Bertz CT molecular complexity index is 312. The quantitative estimate of drug-likeness (QED) is 0.815. The second-order valence-electron chi connectivity index (χ2n) is 5.56. The molecule has 0 aromatic heterocycles. The van der Waals surface area contributed by atoms with Crippen molar-refractivity contribution in [3.8, 4) is 0 Å². The number of carboxylic acid groups (broad SMARTS) is 1. The first-order chi connectivity index (χ1) is 8.08. The molecule has 2 unspecified atom stereocenters. The number of carbonyl (C=O) groups excluding carboxylic acids is 1. The second kappa shape index (κ2) is 5.07. The number of carboxylic acids is 1. The molecule has 0 aromatic rings. The topological polar surface area (TPSA) is 57.6 Å². The lowest BCUT2D eigenvalue weighted by Gasteiger charge is -2.30. The third-order valence-corrected chi connectivity index (χ3v) is 3.86. The zero-order chi connectivity index (χ0) is 12.4. The molecule has 2 aliphatic rings. The van der Waals surface area contributed by atoms with Crippen molar-refractivity contribution in [3.05, 3.63) is 0 Å². The van der Waals surface area contributed by atoms with Crippen LogP contribution in [0.1, 0.15) is 45.4 Å². The highest BCUT2D eigenvalue weighted by Crippen LogP contribution is 2.33. The van der Waals surface area contributed by atoms with Crippen molar-refractivity contribution in [2.24, 2.45) is 11.8 Å². The van der Waals surface area contributed by atoms with E-state index in [0.29, 0.717) is 5.92 Å². The van der Waals surface area contributed by atoms with Crippen molar-refractivity contribution >= 4 is 11.9 Å². The lowest BCUT2D eigenvalue weighted by Crippen LogP contribution is -2.42. The molecule has 4 heteroatoms. The van der Waals surface area contributed by atoms with Crippen LogP contribution in [0.2, 0.25) is 0 Å². The number of aliphatic carboxylic acids is 1. The maximum absolute atomic E-state index is 12.3. The van der Waals surface area contributed by atoms with Crippen LogP contribution in [0.3, 0.4) is 0 Å². The van der Waals surface area contributed by atoms with Crippen molar-refractivity contribution in [2.45, 2.75) is 51.5 Å². The van der Waals surface area contributed by atoms with Gasteiger partial charge in [-0.25, -0.2) is 0 Å². The molecule has 4 nitrogen and oxygen atoms in total. The number of rotatable bonds is 4. The Morgan fingerprint density at radius 2 is 1.94 bits per heavy atom. The van der Waals surface area contributed by atoms with E-state index in [1.807, 2.05) is 0 Å². The third kappa shape index (κ3) is 3.20. The smallest absolute Gasteiger partial charge is 0.323 e. The van der Waals surface area contributed by atoms with Crippen molar-refractivity contribution in [1.29, 1.82) is 0 Å². The summed E-state index contributed by atoms with van der Waals surface area (Å²) < 4.78 is 0. The summed E-state index contributed by atoms with van der Waals surface area (Å²) in [5, 5.41) is 8.87. The van der Waals surface area contributed by atoms with Crippen LogP contribution in [-0.4, -0.2) is 34.5 Å². The summed E-state index contributed by atoms with van der Waals surface area (Å²) in [6, 6.07) is 0.204. The predicted molar refractivity (Wildman–Crippen MR) is 63.5 cm³/mol. The van der Waals surface area contributed by atoms with Gasteiger partial charge in [-0.1, -0.05) is 19.8 Å². The van der Waals surface area contributed by atoms with Gasteiger partial charge in [0.25, 0.3) is 0 Å². The summed E-state index contributed by atoms with van der Waals surface area (Å²) in [6.07, 6.45) is 6.12. The minimum Gasteiger partial charge on any atom is -0.480 e. The SMILES string of the molecule is CC1CCCC(C(=O)N(CC(=O)O)C2CC2)C1. The summed E-state index contributed by atoms with van der Waals surface area (Å²) in [7, 11) is 0. The van der Waals surface area contributed by atoms with Gasteiger partial charge in [-0.15, -0.1) is 0 Å². The largest absolute Gasteiger partial charge is 0.480 e. The standard InChI is InChI=1S/C13H21NO3/c1-9-3-2-4-10(7-9)13(17)14(8-12(15)16)11-5-6-11/h9-11H,2-8H2,1H3,(H,15,16). The van der Waals surface area contributed by atoms with Gasteiger partial charge in [0.05, 0.1) is 0 Å². The minimum absolute atomic E-state index is 0.0682. The molecule has 0 heterocycles. The Hall–Kier alpha value is -1.06. The van der Waals surface area contributed by atoms with E-state index in [-0.39, 0.29) is 24.4 Å². The third-order valence-electron chi connectivity index (χ3n) is 3.86. The molecule has 2 fully saturated rings. The van der Waals surface area contributed by atoms with Crippen LogP contribution < -0.4 is 0 Å². The second-order valence-corrected chi connectivity index (χ2v) is 5.56. The normalized spacial score (nSPS) is 28.8. The average Bonchev–Trinajstić information content (AvgIpc) is 3.08. The van der Waals surface area contributed by atoms with E-state index in [4.69, 9.17) is 5.11 Å². The molecule has 0 radical (unpaired) electrons. The number of hydrogen-bond acceptors (Lipinski definition) is 2. The minimum atomic E-state index is -0.894. The summed E-state index contributed by atoms with van der Waals surface area (Å²) in [5.74, 6) is -0.141. The van der Waals surface area contributed by atoms with Crippen LogP contribution in [0, 0.1) is 11.8 Å². The molecule has 0 aromatic carbocycles. The molecular weight excluding hydrogens is 218 g/mol. The number of nitrogens with zero attached hydrogens (tertiary/aromatic N) is 1. The molecule has 96 valence electrons. The van der Waals surface area contributed by atoms with E-state index in [0.717, 1.165) is 32.1 Å². The highest BCUT2D eigenvalue weighted by Gasteiger charge is 2.37. The first-order valence-corrected chi connectivity index (χ1v) is 6.60. The van der Waals surface area contributed by atoms with Crippen LogP contribution in [0.4, 0.5) is 0 Å². The highest BCUT2D eigenvalue weighted by molar-refractivity contribution is 5.83. The van der Waals surface area contributed by atoms with E-state index in [1.54, 1.807) is 4.90 Å². The molecule has 2 rings (SSSR count). The van der Waals surface area contributed by atoms with Crippen LogP contribution in [-0.2, 0) is 9.59 Å². The Kier molecular flexibility index (Phi) is 3.69. The number of amides is 1. The van der Waals surface area contributed by atoms with Gasteiger partial charge in [-0.2, -0.15) is 0 Å². The number of carbonyl (C=O) groups is 2. The molecule has 0 spiro atoms. The van der Waals surface area contributed by atoms with E-state index < -0.39 is 5.97 Å². The molecule has 17 heavy (non-hydrogen) atoms. The highest BCUT2D eigenvalue weighted by atomic mass is 16.4. The molecule has 2 aliphatic carbocycles. The Morgan fingerprint density at radius 3 is 2.47 bits per heavy atom. The lowest BCUT2D eigenvalue weighted by atomic mass is 9.81. The van der Waals surface area contributed by atoms with E-state index in [1.165, 1.54) is 6.42 Å². The summed E-state index contributed by atoms with van der Waals surface area (Å²) >= 11 is 0. The van der Waals surface area contributed by atoms with E-state index >= 15 is 0 Å². The van der Waals surface area contributed by atoms with Crippen LogP contribution in [0.15, 0.2) is 0 Å². The molecular formula is C13H21NO3. The van der Waals surface area contributed by atoms with Crippen LogP contribution in [0.25, 0.3) is 0 Å². The Labute approximate surface area is 102 Å². The van der Waals surface area contributed by atoms with Gasteiger partial charge in [-0.3, -0.25) is 9.59 Å². The van der Waals surface area contributed by atoms with Crippen LogP contribution in [0.5, 0.6) is 0 Å². The van der Waals surface area contributed by atoms with Crippen molar-refractivity contribution in [3.63, 3.8) is 0 Å². The van der Waals surface area contributed by atoms with E-state index in [9.17, 15) is 9.59 Å². The van der Waals surface area contributed by atoms with Crippen molar-refractivity contribution in [1.82, 2.24) is 4.90 Å². The molecule has 0 bridgehead atoms. The van der Waals surface area contributed by atoms with Gasteiger partial charge < -0.3 is 10.0 Å². The summed E-state index contributed by atoms with van der Waals surface area (Å²) in [5.41, 5.74) is 0. The molecule has 2 saturated carbocycles. The first-order valence-electron chi connectivity index (χ1n) is 6.60. The molecule has 0 saturated heterocycles. The average molecular weight is 239 g/mol. The van der Waals surface area contributed by atoms with Crippen LogP contribution >= 0.6 is 0 Å². The molecule has 0 aliphatic heterocycles. The molecule has 1 N–H and O–H groups in total. The number of hydrogen-bond donors (Lipinski definition) is 1. The Balaban J connectivity index is 1.97. The fraction of sp³-hybridized carbons (Fsp3) is 0.846. The fourth-order valence-electron chi connectivity index (χ4n) is 2.81. The lowest BCUT2D eigenvalue weighted by molar-refractivity contribution is -0.147. The van der Waals surface area contributed by atoms with Gasteiger partial charge in [0.1, 0.15) is 6.54 Å². The van der Waals surface area contributed by atoms with Gasteiger partial charge in [0.2, 0.25) is 5.91 Å². The fourth-order valence-corrected chi connectivity index (χ4v) is 2.81. The molecule has 2 atom stereocenters. The van der Waals surface area contributed by atoms with Gasteiger partial charge >= 0.3 is 5.97 Å². The summed E-state index contributed by atoms with van der Waals surface area (Å²) in [4.78, 5) is 24.7. The van der Waals surface area contributed by atoms with E-state index in [2.05, 4.69) is 6.92 Å². The monoisotopic (exact) mass is 239 g/mol. The van der Waals surface area contributed by atoms with Crippen molar-refractivity contribution in [2.75, 3.05) is 6.54 Å². The maximum Gasteiger partial charge on any atom is 0.323 e. The Morgan fingerprint density at radius 1 is 1.24 bits per heavy atom. The molecule has 1 amide bonds. The summed E-state index contributed by atoms with van der Waals surface area (Å²) in [6.45, 7) is 2.06. The van der Waals surface area contributed by atoms with Gasteiger partial charge in [0.15, 0.2) is 0 Å². The van der Waals surface area contributed by atoms with Gasteiger partial charge in [-0.05, 0) is 31.6 Å². The predicted octanol–water partition coefficient (Wildman–Crippen LogP) is 1.89. The van der Waals surface area contributed by atoms with Gasteiger partial charge in [0, 0.05) is 12.0 Å². The zero-order valence-corrected chi connectivity index (χ0v) is 10.4. The first kappa shape index (κ1) is 12.4. The zero-order valence-electron chi connectivity index (χ0n) is 10.4.